The van der Waals surface area contributed by atoms with Gasteiger partial charge in [-0.05, 0) is 41.5 Å². The summed E-state index contributed by atoms with van der Waals surface area (Å²) in [6.45, 7) is 13.0. The van der Waals surface area contributed by atoms with Gasteiger partial charge in [-0.2, -0.15) is 0 Å². The standard InChI is InChI=1S/C16H29N3O4/c1-15(2,3)22-13(20)18-9-7-17-8-10-19(12-11-18)14(21)23-16(4,5)6/h7H,8-12H2,1-6H3. The van der Waals surface area contributed by atoms with Crippen molar-refractivity contribution >= 4 is 18.4 Å². The number of amides is 2. The molecule has 0 saturated heterocycles. The number of rotatable bonds is 0. The Labute approximate surface area is 138 Å². The van der Waals surface area contributed by atoms with Crippen LogP contribution in [0.2, 0.25) is 0 Å². The van der Waals surface area contributed by atoms with E-state index in [0.29, 0.717) is 32.7 Å². The van der Waals surface area contributed by atoms with Crippen molar-refractivity contribution in [3.05, 3.63) is 0 Å². The van der Waals surface area contributed by atoms with Crippen molar-refractivity contribution in [2.75, 3.05) is 32.7 Å². The Kier molecular flexibility index (Phi) is 6.41. The molecule has 0 N–H and O–H groups in total. The first-order valence-corrected chi connectivity index (χ1v) is 7.92. The second-order valence-electron chi connectivity index (χ2n) is 7.48. The van der Waals surface area contributed by atoms with Crippen molar-refractivity contribution in [2.24, 2.45) is 4.99 Å². The molecule has 0 unspecified atom stereocenters. The molecule has 0 aromatic carbocycles. The minimum absolute atomic E-state index is 0.372. The highest BCUT2D eigenvalue weighted by Crippen LogP contribution is 2.12. The first-order valence-electron chi connectivity index (χ1n) is 7.92. The Balaban J connectivity index is 2.71. The Morgan fingerprint density at radius 2 is 1.35 bits per heavy atom. The van der Waals surface area contributed by atoms with E-state index in [1.54, 1.807) is 11.1 Å². The Hall–Kier alpha value is -1.79. The van der Waals surface area contributed by atoms with Gasteiger partial charge in [0.2, 0.25) is 0 Å². The minimum atomic E-state index is -0.558. The molecule has 1 rings (SSSR count). The van der Waals surface area contributed by atoms with Gasteiger partial charge in [0.25, 0.3) is 0 Å². The highest BCUT2D eigenvalue weighted by Gasteiger charge is 2.26. The van der Waals surface area contributed by atoms with E-state index in [9.17, 15) is 9.59 Å². The predicted octanol–water partition coefficient (Wildman–Crippen LogP) is 2.55. The second-order valence-corrected chi connectivity index (χ2v) is 7.48. The van der Waals surface area contributed by atoms with Gasteiger partial charge in [-0.15, -0.1) is 0 Å². The number of ether oxygens (including phenoxy) is 2. The molecule has 0 bridgehead atoms. The monoisotopic (exact) mass is 327 g/mol. The van der Waals surface area contributed by atoms with Gasteiger partial charge in [0.1, 0.15) is 11.2 Å². The van der Waals surface area contributed by atoms with Gasteiger partial charge >= 0.3 is 12.2 Å². The summed E-state index contributed by atoms with van der Waals surface area (Å²) < 4.78 is 10.8. The van der Waals surface area contributed by atoms with Crippen molar-refractivity contribution in [3.8, 4) is 0 Å². The SMILES string of the molecule is CC(C)(C)OC(=O)N1CC=NCCN(C(=O)OC(C)(C)C)CC1. The lowest BCUT2D eigenvalue weighted by atomic mass is 10.2. The van der Waals surface area contributed by atoms with E-state index in [1.807, 2.05) is 41.5 Å². The number of aliphatic imine (C=N–C) groups is 1. The summed E-state index contributed by atoms with van der Waals surface area (Å²) in [5.74, 6) is 0. The highest BCUT2D eigenvalue weighted by molar-refractivity contribution is 5.73. The van der Waals surface area contributed by atoms with Crippen molar-refractivity contribution < 1.29 is 19.1 Å². The quantitative estimate of drug-likeness (QED) is 0.685. The molecule has 0 fully saturated rings. The number of hydrogen-bond donors (Lipinski definition) is 0. The maximum absolute atomic E-state index is 12.2. The Morgan fingerprint density at radius 1 is 0.870 bits per heavy atom. The van der Waals surface area contributed by atoms with Crippen LogP contribution in [0.4, 0.5) is 9.59 Å². The van der Waals surface area contributed by atoms with Crippen LogP contribution in [-0.2, 0) is 9.47 Å². The van der Waals surface area contributed by atoms with E-state index < -0.39 is 23.4 Å². The molecule has 0 radical (unpaired) electrons. The number of hydrogen-bond acceptors (Lipinski definition) is 5. The predicted molar refractivity (Wildman–Crippen MR) is 89.0 cm³/mol. The van der Waals surface area contributed by atoms with Gasteiger partial charge < -0.3 is 19.3 Å². The van der Waals surface area contributed by atoms with Crippen molar-refractivity contribution in [1.29, 1.82) is 0 Å². The first-order chi connectivity index (χ1) is 10.5. The molecule has 23 heavy (non-hydrogen) atoms. The van der Waals surface area contributed by atoms with E-state index in [0.717, 1.165) is 0 Å². The van der Waals surface area contributed by atoms with Crippen LogP contribution < -0.4 is 0 Å². The van der Waals surface area contributed by atoms with Gasteiger partial charge in [0.15, 0.2) is 0 Å². The molecule has 0 atom stereocenters. The fourth-order valence-corrected chi connectivity index (χ4v) is 1.87. The number of nitrogens with zero attached hydrogens (tertiary/aromatic N) is 3. The maximum Gasteiger partial charge on any atom is 0.410 e. The summed E-state index contributed by atoms with van der Waals surface area (Å²) >= 11 is 0. The molecule has 1 aliphatic rings. The summed E-state index contributed by atoms with van der Waals surface area (Å²) in [7, 11) is 0. The van der Waals surface area contributed by atoms with Gasteiger partial charge in [-0.1, -0.05) is 0 Å². The second kappa shape index (κ2) is 7.66. The van der Waals surface area contributed by atoms with Gasteiger partial charge in [-0.3, -0.25) is 4.99 Å². The zero-order valence-corrected chi connectivity index (χ0v) is 15.1. The Bertz CT molecular complexity index is 449. The molecule has 0 aromatic rings. The van der Waals surface area contributed by atoms with Crippen molar-refractivity contribution in [2.45, 2.75) is 52.7 Å². The maximum atomic E-state index is 12.2. The summed E-state index contributed by atoms with van der Waals surface area (Å²) in [6, 6.07) is 0. The number of carbonyl (C=O) groups is 2. The molecular formula is C16H29N3O4. The fraction of sp³-hybridized carbons (Fsp3) is 0.812. The molecule has 1 aliphatic heterocycles. The van der Waals surface area contributed by atoms with Crippen molar-refractivity contribution in [3.63, 3.8) is 0 Å². The van der Waals surface area contributed by atoms with Crippen LogP contribution in [0, 0.1) is 0 Å². The first kappa shape index (κ1) is 19.3. The van der Waals surface area contributed by atoms with Crippen molar-refractivity contribution in [1.82, 2.24) is 9.80 Å². The fourth-order valence-electron chi connectivity index (χ4n) is 1.87. The molecular weight excluding hydrogens is 298 g/mol. The van der Waals surface area contributed by atoms with Crippen LogP contribution in [0.3, 0.4) is 0 Å². The molecule has 7 nitrogen and oxygen atoms in total. The summed E-state index contributed by atoms with van der Waals surface area (Å²) in [4.78, 5) is 31.8. The summed E-state index contributed by atoms with van der Waals surface area (Å²) in [5, 5.41) is 0. The van der Waals surface area contributed by atoms with E-state index in [1.165, 1.54) is 4.90 Å². The van der Waals surface area contributed by atoms with Gasteiger partial charge in [0.05, 0.1) is 13.1 Å². The molecule has 0 spiro atoms. The van der Waals surface area contributed by atoms with Crippen LogP contribution >= 0.6 is 0 Å². The highest BCUT2D eigenvalue weighted by atomic mass is 16.6. The van der Waals surface area contributed by atoms with Gasteiger partial charge in [-0.25, -0.2) is 9.59 Å². The average molecular weight is 327 g/mol. The number of carbonyl (C=O) groups excluding carboxylic acids is 2. The van der Waals surface area contributed by atoms with Crippen LogP contribution in [0.5, 0.6) is 0 Å². The zero-order valence-electron chi connectivity index (χ0n) is 15.1. The minimum Gasteiger partial charge on any atom is -0.444 e. The van der Waals surface area contributed by atoms with Crippen LogP contribution in [0.15, 0.2) is 4.99 Å². The third kappa shape index (κ3) is 7.85. The molecule has 2 amide bonds. The molecule has 132 valence electrons. The summed E-state index contributed by atoms with van der Waals surface area (Å²) in [5.41, 5.74) is -1.11. The van der Waals surface area contributed by atoms with E-state index in [4.69, 9.17) is 9.47 Å². The lowest BCUT2D eigenvalue weighted by molar-refractivity contribution is 0.0162. The van der Waals surface area contributed by atoms with E-state index >= 15 is 0 Å². The Morgan fingerprint density at radius 3 is 1.87 bits per heavy atom. The normalized spacial score (nSPS) is 17.1. The summed E-state index contributed by atoms with van der Waals surface area (Å²) in [6.07, 6.45) is 0.886. The molecule has 7 heteroatoms. The molecule has 0 aliphatic carbocycles. The smallest absolute Gasteiger partial charge is 0.410 e. The van der Waals surface area contributed by atoms with Crippen LogP contribution in [0.1, 0.15) is 41.5 Å². The third-order valence-corrected chi connectivity index (χ3v) is 2.87. The van der Waals surface area contributed by atoms with Gasteiger partial charge in [0, 0.05) is 25.8 Å². The van der Waals surface area contributed by atoms with E-state index in [-0.39, 0.29) is 0 Å². The van der Waals surface area contributed by atoms with Crippen LogP contribution in [0.25, 0.3) is 0 Å². The lowest BCUT2D eigenvalue weighted by Gasteiger charge is -2.29. The zero-order chi connectivity index (χ0) is 17.7. The molecule has 1 heterocycles. The third-order valence-electron chi connectivity index (χ3n) is 2.87. The van der Waals surface area contributed by atoms with Crippen LogP contribution in [-0.4, -0.2) is 72.1 Å². The topological polar surface area (TPSA) is 71.4 Å². The van der Waals surface area contributed by atoms with E-state index in [2.05, 4.69) is 4.99 Å². The lowest BCUT2D eigenvalue weighted by Crippen LogP contribution is -2.45. The molecule has 0 saturated carbocycles. The average Bonchev–Trinajstić information content (AvgIpc) is 2.45. The molecule has 0 aromatic heterocycles. The largest absolute Gasteiger partial charge is 0.444 e.